The van der Waals surface area contributed by atoms with Crippen molar-refractivity contribution in [3.63, 3.8) is 0 Å². The highest BCUT2D eigenvalue weighted by Crippen LogP contribution is 2.52. The van der Waals surface area contributed by atoms with Gasteiger partial charge in [-0.1, -0.05) is 324 Å². The van der Waals surface area contributed by atoms with Crippen LogP contribution in [0.1, 0.15) is 211 Å². The first-order valence-corrected chi connectivity index (χ1v) is 39.9. The first kappa shape index (κ1) is 73.1. The Balaban J connectivity index is 1.07. The number of rotatable bonds is 7. The third-order valence-corrected chi connectivity index (χ3v) is 23.8. The van der Waals surface area contributed by atoms with Gasteiger partial charge in [0.2, 0.25) is 0 Å². The van der Waals surface area contributed by atoms with Crippen molar-refractivity contribution in [2.24, 2.45) is 0 Å². The van der Waals surface area contributed by atoms with Crippen LogP contribution in [-0.4, -0.2) is 15.8 Å². The Morgan fingerprint density at radius 2 is 0.587 bits per heavy atom. The van der Waals surface area contributed by atoms with E-state index in [9.17, 15) is 0 Å². The minimum absolute atomic E-state index is 0.0507. The van der Waals surface area contributed by atoms with Crippen molar-refractivity contribution >= 4 is 101 Å². The van der Waals surface area contributed by atoms with Gasteiger partial charge >= 0.3 is 0 Å². The van der Waals surface area contributed by atoms with Gasteiger partial charge in [-0.25, -0.2) is 0 Å². The average Bonchev–Trinajstić information content (AvgIpc) is 1.67. The van der Waals surface area contributed by atoms with E-state index in [4.69, 9.17) is 0 Å². The lowest BCUT2D eigenvalue weighted by molar-refractivity contribution is 0.567. The third kappa shape index (κ3) is 12.8. The number of nitrogens with zero attached hydrogens (tertiary/aromatic N) is 4. The van der Waals surface area contributed by atoms with Crippen molar-refractivity contribution in [3.8, 4) is 44.8 Å². The molecule has 0 saturated heterocycles. The fourth-order valence-corrected chi connectivity index (χ4v) is 17.1. The number of para-hydroxylation sites is 3. The standard InChI is InChI=1S/C104H111BN4/c1-97(2,3)70-48-67(49-71(56-70)98(4,5)6)64-40-43-78(44-41-64)109-93-63-81(107-87-37-28-25-34-82(87)83-35-26-29-38-88(83)107)62-92-95(93)105(85-45-47-91-94(96(85)109)84-36-27-30-39-89(84)108(91)80-60-76(103(19,20)21)59-77(61-80)104(22,23)24)86-55-66(69-52-74(101(13,14)15)58-75(53-69)102(16,17)18)42-46-90(86)106(92)79-33-31-32-65(54-79)68-50-72(99(7,8)9)57-73(51-68)100(10,11)12/h25-63H,1-24H3. The van der Waals surface area contributed by atoms with Crippen LogP contribution in [-0.2, 0) is 43.3 Å². The van der Waals surface area contributed by atoms with Gasteiger partial charge in [0.05, 0.1) is 33.4 Å². The Morgan fingerprint density at radius 3 is 1.04 bits per heavy atom. The highest BCUT2D eigenvalue weighted by atomic mass is 15.2. The SMILES string of the molecule is CC(C)(C)c1cc(-c2ccc(N3c4cc(-n5c6ccccc6c6ccccc65)cc5c4B(c4cc(-c6cc(C(C)(C)C)cc(C(C)(C)C)c6)ccc4N5c4cccc(-c5cc(C(C)(C)C)cc(C(C)(C)C)c5)c4)c4ccc5c(c43)c3ccccc3n5-c3cc(C(C)(C)C)cc(C(C)(C)C)c3)cc2)cc(C(C)(C)C)c1. The van der Waals surface area contributed by atoms with E-state index in [0.717, 1.165) is 34.1 Å². The van der Waals surface area contributed by atoms with E-state index in [1.54, 1.807) is 0 Å². The molecular weight excluding hydrogens is 1320 g/mol. The van der Waals surface area contributed by atoms with Crippen LogP contribution in [0.3, 0.4) is 0 Å². The molecule has 2 aliphatic heterocycles. The lowest BCUT2D eigenvalue weighted by Gasteiger charge is -2.45. The summed E-state index contributed by atoms with van der Waals surface area (Å²) in [7, 11) is 0. The largest absolute Gasteiger partial charge is 0.311 e. The summed E-state index contributed by atoms with van der Waals surface area (Å²) in [6.07, 6.45) is 0. The van der Waals surface area contributed by atoms with Crippen LogP contribution < -0.4 is 26.2 Å². The number of hydrogen-bond donors (Lipinski definition) is 0. The molecule has 14 aromatic rings. The molecule has 4 heterocycles. The summed E-state index contributed by atoms with van der Waals surface area (Å²) >= 11 is 0. The molecule has 0 fully saturated rings. The van der Waals surface area contributed by atoms with E-state index in [1.807, 2.05) is 0 Å². The molecule has 5 heteroatoms. The van der Waals surface area contributed by atoms with E-state index in [-0.39, 0.29) is 50.0 Å². The highest BCUT2D eigenvalue weighted by Gasteiger charge is 2.46. The van der Waals surface area contributed by atoms with Gasteiger partial charge in [-0.15, -0.1) is 0 Å². The van der Waals surface area contributed by atoms with Crippen molar-refractivity contribution in [2.75, 3.05) is 9.80 Å². The van der Waals surface area contributed by atoms with Crippen LogP contribution >= 0.6 is 0 Å². The summed E-state index contributed by atoms with van der Waals surface area (Å²) < 4.78 is 5.15. The fourth-order valence-electron chi connectivity index (χ4n) is 17.1. The second kappa shape index (κ2) is 25.2. The van der Waals surface area contributed by atoms with Crippen LogP contribution in [0.15, 0.2) is 237 Å². The van der Waals surface area contributed by atoms with Crippen LogP contribution in [0.2, 0.25) is 0 Å². The number of aromatic nitrogens is 2. The molecule has 0 spiro atoms. The molecule has 550 valence electrons. The van der Waals surface area contributed by atoms with Gasteiger partial charge < -0.3 is 18.9 Å². The Hall–Kier alpha value is -10.1. The molecule has 4 nitrogen and oxygen atoms in total. The number of fused-ring (bicyclic) bond motifs is 11. The summed E-state index contributed by atoms with van der Waals surface area (Å²) in [5.41, 5.74) is 35.0. The van der Waals surface area contributed by atoms with E-state index >= 15 is 0 Å². The summed E-state index contributed by atoms with van der Waals surface area (Å²) in [5.74, 6) is 0. The summed E-state index contributed by atoms with van der Waals surface area (Å²) in [4.78, 5) is 5.36. The molecule has 0 amide bonds. The summed E-state index contributed by atoms with van der Waals surface area (Å²) in [6, 6.07) is 93.7. The molecular formula is C104H111BN4. The maximum Gasteiger partial charge on any atom is 0.252 e. The molecule has 0 bridgehead atoms. The van der Waals surface area contributed by atoms with Gasteiger partial charge in [0.15, 0.2) is 0 Å². The lowest BCUT2D eigenvalue weighted by Crippen LogP contribution is -2.61. The first-order chi connectivity index (χ1) is 51.1. The first-order valence-electron chi connectivity index (χ1n) is 39.9. The van der Waals surface area contributed by atoms with Crippen LogP contribution in [0.4, 0.5) is 34.1 Å². The zero-order valence-corrected chi connectivity index (χ0v) is 69.4. The van der Waals surface area contributed by atoms with Gasteiger partial charge in [0.1, 0.15) is 0 Å². The van der Waals surface area contributed by atoms with Crippen molar-refractivity contribution in [3.05, 3.63) is 281 Å². The quantitative estimate of drug-likeness (QED) is 0.148. The van der Waals surface area contributed by atoms with E-state index in [1.165, 1.54) is 149 Å². The highest BCUT2D eigenvalue weighted by molar-refractivity contribution is 7.00. The normalized spacial score (nSPS) is 13.8. The van der Waals surface area contributed by atoms with Gasteiger partial charge in [-0.05, 0) is 216 Å². The molecule has 109 heavy (non-hydrogen) atoms. The minimum atomic E-state index is -0.234. The van der Waals surface area contributed by atoms with E-state index < -0.39 is 0 Å². The van der Waals surface area contributed by atoms with Crippen LogP contribution in [0, 0.1) is 0 Å². The smallest absolute Gasteiger partial charge is 0.252 e. The maximum absolute atomic E-state index is 2.71. The van der Waals surface area contributed by atoms with Crippen molar-refractivity contribution in [1.82, 2.24) is 9.13 Å². The molecule has 0 unspecified atom stereocenters. The Bertz CT molecular complexity index is 5820. The van der Waals surface area contributed by atoms with Crippen LogP contribution in [0.5, 0.6) is 0 Å². The molecule has 2 aromatic heterocycles. The van der Waals surface area contributed by atoms with Gasteiger partial charge in [-0.2, -0.15) is 0 Å². The lowest BCUT2D eigenvalue weighted by atomic mass is 9.33. The predicted octanol–water partition coefficient (Wildman–Crippen LogP) is 27.3. The number of benzene rings is 12. The number of hydrogen-bond acceptors (Lipinski definition) is 2. The average molecular weight is 1430 g/mol. The van der Waals surface area contributed by atoms with Crippen molar-refractivity contribution in [1.29, 1.82) is 0 Å². The molecule has 2 aliphatic rings. The zero-order valence-electron chi connectivity index (χ0n) is 69.4. The van der Waals surface area contributed by atoms with Crippen LogP contribution in [0.25, 0.3) is 88.4 Å². The second-order valence-corrected chi connectivity index (χ2v) is 40.2. The molecule has 12 aromatic carbocycles. The van der Waals surface area contributed by atoms with E-state index in [0.29, 0.717) is 0 Å². The Morgan fingerprint density at radius 1 is 0.220 bits per heavy atom. The molecule has 0 radical (unpaired) electrons. The molecule has 0 N–H and O–H groups in total. The van der Waals surface area contributed by atoms with Gasteiger partial charge in [-0.3, -0.25) is 0 Å². The molecule has 0 saturated carbocycles. The molecule has 0 atom stereocenters. The minimum Gasteiger partial charge on any atom is -0.311 e. The molecule has 0 aliphatic carbocycles. The van der Waals surface area contributed by atoms with Crippen molar-refractivity contribution in [2.45, 2.75) is 209 Å². The maximum atomic E-state index is 2.71. The Labute approximate surface area is 651 Å². The summed E-state index contributed by atoms with van der Waals surface area (Å²) in [5, 5.41) is 4.90. The second-order valence-electron chi connectivity index (χ2n) is 40.2. The topological polar surface area (TPSA) is 16.3 Å². The summed E-state index contributed by atoms with van der Waals surface area (Å²) in [6.45, 7) is 56.3. The van der Waals surface area contributed by atoms with Gasteiger partial charge in [0.25, 0.3) is 6.71 Å². The number of anilines is 6. The molecule has 16 rings (SSSR count). The zero-order chi connectivity index (χ0) is 77.5. The van der Waals surface area contributed by atoms with E-state index in [2.05, 4.69) is 422 Å². The van der Waals surface area contributed by atoms with Crippen molar-refractivity contribution < 1.29 is 0 Å². The predicted molar refractivity (Wildman–Crippen MR) is 475 cm³/mol. The fraction of sp³-hybridized carbons (Fsp3) is 0.308. The Kier molecular flexibility index (Phi) is 16.9. The monoisotopic (exact) mass is 1430 g/mol. The van der Waals surface area contributed by atoms with Gasteiger partial charge in [0, 0.05) is 55.7 Å². The third-order valence-electron chi connectivity index (χ3n) is 23.8.